The predicted molar refractivity (Wildman–Crippen MR) is 53.1 cm³/mol. The first-order valence-corrected chi connectivity index (χ1v) is 4.87. The number of hydrogen-bond donors (Lipinski definition) is 2. The second kappa shape index (κ2) is 3.56. The third-order valence-electron chi connectivity index (χ3n) is 2.42. The van der Waals surface area contributed by atoms with Crippen molar-refractivity contribution in [3.05, 3.63) is 28.8 Å². The molecule has 0 amide bonds. The summed E-state index contributed by atoms with van der Waals surface area (Å²) in [6.45, 7) is 1.06. The number of phenolic OH excluding ortho intramolecular Hbond substituents is 1. The zero-order chi connectivity index (χ0) is 9.26. The predicted octanol–water partition coefficient (Wildman–Crippen LogP) is 2.47. The molecule has 0 radical (unpaired) electrons. The maximum atomic E-state index is 9.18. The van der Waals surface area contributed by atoms with Crippen molar-refractivity contribution in [2.75, 3.05) is 6.54 Å². The lowest BCUT2D eigenvalue weighted by atomic mass is 10.1. The number of nitrogens with one attached hydrogen (secondary N) is 1. The third-order valence-corrected chi connectivity index (χ3v) is 2.75. The molecule has 1 saturated heterocycles. The highest BCUT2D eigenvalue weighted by Crippen LogP contribution is 2.31. The van der Waals surface area contributed by atoms with Gasteiger partial charge in [0.05, 0.1) is 0 Å². The summed E-state index contributed by atoms with van der Waals surface area (Å²) < 4.78 is 0. The summed E-state index contributed by atoms with van der Waals surface area (Å²) in [7, 11) is 0. The number of aromatic hydroxyl groups is 1. The summed E-state index contributed by atoms with van der Waals surface area (Å²) in [5, 5.41) is 13.2. The van der Waals surface area contributed by atoms with Crippen molar-refractivity contribution in [1.82, 2.24) is 5.32 Å². The van der Waals surface area contributed by atoms with Crippen LogP contribution in [0.15, 0.2) is 18.2 Å². The molecule has 1 aliphatic heterocycles. The van der Waals surface area contributed by atoms with Crippen molar-refractivity contribution in [3.8, 4) is 5.75 Å². The number of hydrogen-bond acceptors (Lipinski definition) is 2. The lowest BCUT2D eigenvalue weighted by Gasteiger charge is -2.12. The van der Waals surface area contributed by atoms with Gasteiger partial charge in [0.1, 0.15) is 5.75 Å². The van der Waals surface area contributed by atoms with Crippen LogP contribution in [0.25, 0.3) is 0 Å². The van der Waals surface area contributed by atoms with Crippen molar-refractivity contribution in [1.29, 1.82) is 0 Å². The average molecular weight is 198 g/mol. The SMILES string of the molecule is Oc1ccc([C@H]2CCCN2)c(Cl)c1. The van der Waals surface area contributed by atoms with Crippen LogP contribution >= 0.6 is 11.6 Å². The van der Waals surface area contributed by atoms with E-state index >= 15 is 0 Å². The first-order chi connectivity index (χ1) is 6.27. The van der Waals surface area contributed by atoms with Crippen LogP contribution in [0.2, 0.25) is 5.02 Å². The minimum absolute atomic E-state index is 0.228. The van der Waals surface area contributed by atoms with E-state index in [2.05, 4.69) is 5.32 Å². The van der Waals surface area contributed by atoms with Crippen LogP contribution in [0.1, 0.15) is 24.4 Å². The van der Waals surface area contributed by atoms with E-state index < -0.39 is 0 Å². The Morgan fingerprint density at radius 1 is 1.46 bits per heavy atom. The van der Waals surface area contributed by atoms with Crippen molar-refractivity contribution < 1.29 is 5.11 Å². The first kappa shape index (κ1) is 8.85. The molecule has 2 N–H and O–H groups in total. The molecule has 1 heterocycles. The van der Waals surface area contributed by atoms with Gasteiger partial charge in [0.2, 0.25) is 0 Å². The second-order valence-corrected chi connectivity index (χ2v) is 3.76. The van der Waals surface area contributed by atoms with Crippen molar-refractivity contribution in [2.45, 2.75) is 18.9 Å². The quantitative estimate of drug-likeness (QED) is 0.725. The molecule has 0 unspecified atom stereocenters. The van der Waals surface area contributed by atoms with Crippen LogP contribution in [-0.2, 0) is 0 Å². The number of rotatable bonds is 1. The van der Waals surface area contributed by atoms with Crippen molar-refractivity contribution in [3.63, 3.8) is 0 Å². The lowest BCUT2D eigenvalue weighted by molar-refractivity contribution is 0.474. The molecule has 13 heavy (non-hydrogen) atoms. The fourth-order valence-electron chi connectivity index (χ4n) is 1.75. The van der Waals surface area contributed by atoms with E-state index in [1.165, 1.54) is 6.42 Å². The van der Waals surface area contributed by atoms with Gasteiger partial charge in [-0.05, 0) is 37.1 Å². The Balaban J connectivity index is 2.29. The topological polar surface area (TPSA) is 32.3 Å². The smallest absolute Gasteiger partial charge is 0.117 e. The van der Waals surface area contributed by atoms with Crippen LogP contribution in [0.3, 0.4) is 0 Å². The van der Waals surface area contributed by atoms with E-state index in [0.29, 0.717) is 11.1 Å². The van der Waals surface area contributed by atoms with Gasteiger partial charge in [0.25, 0.3) is 0 Å². The Hall–Kier alpha value is -0.730. The van der Waals surface area contributed by atoms with Gasteiger partial charge in [-0.25, -0.2) is 0 Å². The van der Waals surface area contributed by atoms with Gasteiger partial charge in [-0.15, -0.1) is 0 Å². The van der Waals surface area contributed by atoms with E-state index in [1.54, 1.807) is 12.1 Å². The Morgan fingerprint density at radius 3 is 2.92 bits per heavy atom. The summed E-state index contributed by atoms with van der Waals surface area (Å²) in [5.74, 6) is 0.228. The fraction of sp³-hybridized carbons (Fsp3) is 0.400. The molecule has 2 rings (SSSR count). The monoisotopic (exact) mass is 197 g/mol. The van der Waals surface area contributed by atoms with Crippen LogP contribution in [0.5, 0.6) is 5.75 Å². The first-order valence-electron chi connectivity index (χ1n) is 4.49. The Morgan fingerprint density at radius 2 is 2.31 bits per heavy atom. The van der Waals surface area contributed by atoms with E-state index in [4.69, 9.17) is 11.6 Å². The zero-order valence-corrected chi connectivity index (χ0v) is 8.01. The fourth-order valence-corrected chi connectivity index (χ4v) is 2.06. The van der Waals surface area contributed by atoms with Crippen LogP contribution in [-0.4, -0.2) is 11.7 Å². The molecule has 0 saturated carbocycles. The molecule has 1 aromatic rings. The lowest BCUT2D eigenvalue weighted by Crippen LogP contribution is -2.12. The molecule has 1 aliphatic rings. The normalized spacial score (nSPS) is 22.1. The molecule has 70 valence electrons. The second-order valence-electron chi connectivity index (χ2n) is 3.35. The minimum atomic E-state index is 0.228. The number of halogens is 1. The summed E-state index contributed by atoms with van der Waals surface area (Å²) >= 11 is 6.01. The molecule has 0 bridgehead atoms. The highest BCUT2D eigenvalue weighted by atomic mass is 35.5. The number of benzene rings is 1. The summed E-state index contributed by atoms with van der Waals surface area (Å²) in [5.41, 5.74) is 1.09. The van der Waals surface area contributed by atoms with Gasteiger partial charge >= 0.3 is 0 Å². The minimum Gasteiger partial charge on any atom is -0.508 e. The Bertz CT molecular complexity index is 308. The highest BCUT2D eigenvalue weighted by Gasteiger charge is 2.18. The van der Waals surface area contributed by atoms with Crippen molar-refractivity contribution >= 4 is 11.6 Å². The van der Waals surface area contributed by atoms with Gasteiger partial charge in [0, 0.05) is 11.1 Å². The van der Waals surface area contributed by atoms with Gasteiger partial charge in [-0.1, -0.05) is 17.7 Å². The molecule has 1 atom stereocenters. The van der Waals surface area contributed by atoms with Gasteiger partial charge < -0.3 is 10.4 Å². The molecule has 0 aromatic heterocycles. The van der Waals surface area contributed by atoms with E-state index in [9.17, 15) is 5.11 Å². The van der Waals surface area contributed by atoms with Gasteiger partial charge in [-0.2, -0.15) is 0 Å². The Kier molecular flexibility index (Phi) is 2.42. The molecule has 1 fully saturated rings. The summed E-state index contributed by atoms with van der Waals surface area (Å²) in [4.78, 5) is 0. The maximum absolute atomic E-state index is 9.18. The largest absolute Gasteiger partial charge is 0.508 e. The molecular formula is C10H12ClNO. The van der Waals surface area contributed by atoms with Crippen LogP contribution in [0, 0.1) is 0 Å². The summed E-state index contributed by atoms with van der Waals surface area (Å²) in [6, 6.07) is 5.53. The zero-order valence-electron chi connectivity index (χ0n) is 7.26. The molecule has 1 aromatic carbocycles. The van der Waals surface area contributed by atoms with Crippen LogP contribution in [0.4, 0.5) is 0 Å². The molecule has 0 spiro atoms. The number of phenols is 1. The standard InChI is InChI=1S/C10H12ClNO/c11-9-6-7(13)3-4-8(9)10-2-1-5-12-10/h3-4,6,10,12-13H,1-2,5H2/t10-/m1/s1. The third kappa shape index (κ3) is 1.79. The highest BCUT2D eigenvalue weighted by molar-refractivity contribution is 6.31. The van der Waals surface area contributed by atoms with E-state index in [1.807, 2.05) is 6.07 Å². The summed E-state index contributed by atoms with van der Waals surface area (Å²) in [6.07, 6.45) is 2.33. The van der Waals surface area contributed by atoms with Gasteiger partial charge in [0.15, 0.2) is 0 Å². The molecular weight excluding hydrogens is 186 g/mol. The molecule has 0 aliphatic carbocycles. The van der Waals surface area contributed by atoms with E-state index in [0.717, 1.165) is 18.5 Å². The molecule has 2 nitrogen and oxygen atoms in total. The molecule has 3 heteroatoms. The maximum Gasteiger partial charge on any atom is 0.117 e. The van der Waals surface area contributed by atoms with E-state index in [-0.39, 0.29) is 5.75 Å². The van der Waals surface area contributed by atoms with Crippen molar-refractivity contribution in [2.24, 2.45) is 0 Å². The Labute approximate surface area is 82.5 Å². The van der Waals surface area contributed by atoms with Crippen LogP contribution < -0.4 is 5.32 Å². The average Bonchev–Trinajstić information content (AvgIpc) is 2.56. The van der Waals surface area contributed by atoms with Gasteiger partial charge in [-0.3, -0.25) is 0 Å².